The molecule has 0 bridgehead atoms. The normalized spacial score (nSPS) is 11.9. The Hall–Kier alpha value is -3.93. The molecule has 0 spiro atoms. The third kappa shape index (κ3) is 6.13. The molecule has 38 heavy (non-hydrogen) atoms. The number of nitrogens with zero attached hydrogens (tertiary/aromatic N) is 3. The number of unbranched alkanes of at least 4 members (excludes halogenated alkanes) is 4. The van der Waals surface area contributed by atoms with Gasteiger partial charge in [-0.1, -0.05) is 87.2 Å². The largest absolute Gasteiger partial charge is 0.495 e. The fourth-order valence-corrected chi connectivity index (χ4v) is 4.86. The SMILES string of the molecule is CCCCCCCC(=O)N(Cc1ccccc1)C(C)c1nc2ccccc2c(=O)n1-c1ccccc1OC. The highest BCUT2D eigenvalue weighted by atomic mass is 16.5. The predicted molar refractivity (Wildman–Crippen MR) is 153 cm³/mol. The van der Waals surface area contributed by atoms with Gasteiger partial charge in [-0.3, -0.25) is 14.2 Å². The summed E-state index contributed by atoms with van der Waals surface area (Å²) in [6.45, 7) is 4.58. The van der Waals surface area contributed by atoms with Gasteiger partial charge >= 0.3 is 0 Å². The summed E-state index contributed by atoms with van der Waals surface area (Å²) in [6, 6.07) is 24.3. The summed E-state index contributed by atoms with van der Waals surface area (Å²) in [5.41, 5.74) is 2.06. The lowest BCUT2D eigenvalue weighted by Gasteiger charge is -2.31. The molecule has 0 aliphatic heterocycles. The fourth-order valence-electron chi connectivity index (χ4n) is 4.86. The zero-order chi connectivity index (χ0) is 26.9. The molecule has 1 atom stereocenters. The van der Waals surface area contributed by atoms with E-state index in [1.165, 1.54) is 12.8 Å². The van der Waals surface area contributed by atoms with E-state index in [2.05, 4.69) is 6.92 Å². The van der Waals surface area contributed by atoms with Crippen molar-refractivity contribution in [2.24, 2.45) is 0 Å². The number of methoxy groups -OCH3 is 1. The first-order valence-corrected chi connectivity index (χ1v) is 13.5. The first-order chi connectivity index (χ1) is 18.5. The second-order valence-corrected chi connectivity index (χ2v) is 9.65. The molecule has 198 valence electrons. The number of para-hydroxylation sites is 3. The lowest BCUT2D eigenvalue weighted by molar-refractivity contribution is -0.134. The van der Waals surface area contributed by atoms with Crippen LogP contribution in [0.4, 0.5) is 0 Å². The molecule has 0 fully saturated rings. The van der Waals surface area contributed by atoms with Crippen LogP contribution in [0.5, 0.6) is 5.75 Å². The van der Waals surface area contributed by atoms with Crippen LogP contribution < -0.4 is 10.3 Å². The number of hydrogen-bond acceptors (Lipinski definition) is 4. The highest BCUT2D eigenvalue weighted by Gasteiger charge is 2.27. The Labute approximate surface area is 224 Å². The molecular weight excluding hydrogens is 474 g/mol. The zero-order valence-corrected chi connectivity index (χ0v) is 22.6. The smallest absolute Gasteiger partial charge is 0.266 e. The number of aromatic nitrogens is 2. The summed E-state index contributed by atoms with van der Waals surface area (Å²) in [7, 11) is 1.59. The second-order valence-electron chi connectivity index (χ2n) is 9.65. The molecule has 0 N–H and O–H groups in total. The molecule has 4 aromatic rings. The number of amides is 1. The van der Waals surface area contributed by atoms with Gasteiger partial charge in [0.15, 0.2) is 0 Å². The van der Waals surface area contributed by atoms with Gasteiger partial charge in [0.25, 0.3) is 5.56 Å². The number of ether oxygens (including phenoxy) is 1. The Morgan fingerprint density at radius 1 is 0.921 bits per heavy atom. The fraction of sp³-hybridized carbons (Fsp3) is 0.344. The number of benzene rings is 3. The van der Waals surface area contributed by atoms with Gasteiger partial charge in [0.1, 0.15) is 11.6 Å². The third-order valence-corrected chi connectivity index (χ3v) is 6.98. The molecule has 1 unspecified atom stereocenters. The number of fused-ring (bicyclic) bond motifs is 1. The van der Waals surface area contributed by atoms with Crippen LogP contribution in [-0.2, 0) is 11.3 Å². The summed E-state index contributed by atoms with van der Waals surface area (Å²) in [4.78, 5) is 34.4. The average Bonchev–Trinajstić information content (AvgIpc) is 2.96. The van der Waals surface area contributed by atoms with Gasteiger partial charge in [-0.05, 0) is 43.2 Å². The Morgan fingerprint density at radius 3 is 2.37 bits per heavy atom. The monoisotopic (exact) mass is 511 g/mol. The minimum atomic E-state index is -0.458. The maximum absolute atomic E-state index is 13.9. The number of carbonyl (C=O) groups excluding carboxylic acids is 1. The van der Waals surface area contributed by atoms with Crippen molar-refractivity contribution >= 4 is 16.8 Å². The van der Waals surface area contributed by atoms with Crippen LogP contribution in [0.25, 0.3) is 16.6 Å². The molecule has 4 rings (SSSR count). The van der Waals surface area contributed by atoms with Crippen LogP contribution in [0.3, 0.4) is 0 Å². The molecule has 0 radical (unpaired) electrons. The Morgan fingerprint density at radius 2 is 1.61 bits per heavy atom. The minimum Gasteiger partial charge on any atom is -0.495 e. The molecule has 1 amide bonds. The van der Waals surface area contributed by atoms with Gasteiger partial charge in [0.2, 0.25) is 5.91 Å². The molecule has 0 aliphatic rings. The van der Waals surface area contributed by atoms with E-state index in [9.17, 15) is 9.59 Å². The van der Waals surface area contributed by atoms with Gasteiger partial charge < -0.3 is 9.64 Å². The van der Waals surface area contributed by atoms with E-state index < -0.39 is 6.04 Å². The van der Waals surface area contributed by atoms with Crippen LogP contribution in [0.1, 0.15) is 69.8 Å². The van der Waals surface area contributed by atoms with Crippen molar-refractivity contribution in [1.29, 1.82) is 0 Å². The van der Waals surface area contributed by atoms with Gasteiger partial charge in [-0.2, -0.15) is 0 Å². The van der Waals surface area contributed by atoms with Crippen LogP contribution >= 0.6 is 0 Å². The van der Waals surface area contributed by atoms with Crippen LogP contribution in [0, 0.1) is 0 Å². The first-order valence-electron chi connectivity index (χ1n) is 13.5. The first kappa shape index (κ1) is 27.1. The molecule has 3 aromatic carbocycles. The second kappa shape index (κ2) is 13.0. The Bertz CT molecular complexity index is 1410. The van der Waals surface area contributed by atoms with E-state index in [4.69, 9.17) is 9.72 Å². The molecule has 1 aromatic heterocycles. The number of rotatable bonds is 12. The predicted octanol–water partition coefficient (Wildman–Crippen LogP) is 6.84. The highest BCUT2D eigenvalue weighted by Crippen LogP contribution is 2.29. The van der Waals surface area contributed by atoms with Crippen molar-refractivity contribution in [2.45, 2.75) is 65.0 Å². The van der Waals surface area contributed by atoms with Crippen molar-refractivity contribution in [3.63, 3.8) is 0 Å². The molecule has 1 heterocycles. The maximum Gasteiger partial charge on any atom is 0.266 e. The summed E-state index contributed by atoms with van der Waals surface area (Å²) in [5, 5.41) is 0.520. The van der Waals surface area contributed by atoms with E-state index in [-0.39, 0.29) is 11.5 Å². The summed E-state index contributed by atoms with van der Waals surface area (Å²) < 4.78 is 7.23. The highest BCUT2D eigenvalue weighted by molar-refractivity contribution is 5.79. The van der Waals surface area contributed by atoms with Gasteiger partial charge in [-0.25, -0.2) is 4.98 Å². The topological polar surface area (TPSA) is 64.4 Å². The van der Waals surface area contributed by atoms with Gasteiger partial charge in [-0.15, -0.1) is 0 Å². The van der Waals surface area contributed by atoms with E-state index in [1.807, 2.05) is 84.6 Å². The van der Waals surface area contributed by atoms with Crippen molar-refractivity contribution in [2.75, 3.05) is 7.11 Å². The minimum absolute atomic E-state index is 0.0619. The molecule has 6 nitrogen and oxygen atoms in total. The quantitative estimate of drug-likeness (QED) is 0.195. The lowest BCUT2D eigenvalue weighted by atomic mass is 10.1. The van der Waals surface area contributed by atoms with Gasteiger partial charge in [0, 0.05) is 13.0 Å². The summed E-state index contributed by atoms with van der Waals surface area (Å²) in [5.74, 6) is 1.14. The number of hydrogen-bond donors (Lipinski definition) is 0. The maximum atomic E-state index is 13.9. The Kier molecular flexibility index (Phi) is 9.30. The van der Waals surface area contributed by atoms with Crippen molar-refractivity contribution in [1.82, 2.24) is 14.5 Å². The molecular formula is C32H37N3O3. The standard InChI is InChI=1S/C32H37N3O3/c1-4-5-6-7-11-22-30(36)34(23-25-16-9-8-10-17-25)24(2)31-33-27-19-13-12-18-26(27)32(37)35(31)28-20-14-15-21-29(28)38-3/h8-10,12-21,24H,4-7,11,22-23H2,1-3H3. The zero-order valence-electron chi connectivity index (χ0n) is 22.6. The van der Waals surface area contributed by atoms with E-state index in [0.29, 0.717) is 41.1 Å². The molecule has 0 saturated carbocycles. The van der Waals surface area contributed by atoms with Crippen molar-refractivity contribution in [3.05, 3.63) is 101 Å². The third-order valence-electron chi connectivity index (χ3n) is 6.98. The summed E-state index contributed by atoms with van der Waals surface area (Å²) >= 11 is 0. The average molecular weight is 512 g/mol. The number of carbonyl (C=O) groups is 1. The van der Waals surface area contributed by atoms with Crippen LogP contribution in [-0.4, -0.2) is 27.5 Å². The van der Waals surface area contributed by atoms with Crippen molar-refractivity contribution in [3.8, 4) is 11.4 Å². The molecule has 0 saturated heterocycles. The summed E-state index contributed by atoms with van der Waals surface area (Å²) in [6.07, 6.45) is 5.84. The van der Waals surface area contributed by atoms with Crippen LogP contribution in [0.2, 0.25) is 0 Å². The lowest BCUT2D eigenvalue weighted by Crippen LogP contribution is -2.37. The van der Waals surface area contributed by atoms with Crippen LogP contribution in [0.15, 0.2) is 83.7 Å². The van der Waals surface area contributed by atoms with Gasteiger partial charge in [0.05, 0.1) is 29.7 Å². The molecule has 6 heteroatoms. The van der Waals surface area contributed by atoms with E-state index in [0.717, 1.165) is 24.8 Å². The van der Waals surface area contributed by atoms with E-state index in [1.54, 1.807) is 17.7 Å². The van der Waals surface area contributed by atoms with E-state index >= 15 is 0 Å². The van der Waals surface area contributed by atoms with Crippen molar-refractivity contribution < 1.29 is 9.53 Å². The molecule has 0 aliphatic carbocycles. The Balaban J connectivity index is 1.80.